The molecule has 0 amide bonds. The van der Waals surface area contributed by atoms with Crippen LogP contribution >= 0.6 is 11.3 Å². The molecule has 0 spiro atoms. The summed E-state index contributed by atoms with van der Waals surface area (Å²) in [5.74, 6) is 0.721. The zero-order valence-electron chi connectivity index (χ0n) is 14.3. The van der Waals surface area contributed by atoms with Crippen molar-refractivity contribution < 1.29 is 0 Å². The Morgan fingerprint density at radius 3 is 2.38 bits per heavy atom. The highest BCUT2D eigenvalue weighted by Crippen LogP contribution is 2.38. The Labute approximate surface area is 134 Å². The highest BCUT2D eigenvalue weighted by molar-refractivity contribution is 7.11. The van der Waals surface area contributed by atoms with Gasteiger partial charge in [0.05, 0.1) is 10.7 Å². The van der Waals surface area contributed by atoms with E-state index in [-0.39, 0.29) is 5.41 Å². The molecule has 1 aromatic heterocycles. The summed E-state index contributed by atoms with van der Waals surface area (Å²) in [7, 11) is 0. The number of nitrogens with zero attached hydrogens (tertiary/aromatic N) is 1. The second-order valence-electron chi connectivity index (χ2n) is 7.44. The molecule has 1 fully saturated rings. The van der Waals surface area contributed by atoms with Crippen LogP contribution in [0.3, 0.4) is 0 Å². The predicted molar refractivity (Wildman–Crippen MR) is 93.3 cm³/mol. The summed E-state index contributed by atoms with van der Waals surface area (Å²) in [4.78, 5) is 6.57. The van der Waals surface area contributed by atoms with Crippen molar-refractivity contribution in [2.75, 3.05) is 6.54 Å². The van der Waals surface area contributed by atoms with Crippen molar-refractivity contribution in [2.45, 2.75) is 90.5 Å². The molecule has 2 rings (SSSR count). The molecule has 0 atom stereocenters. The van der Waals surface area contributed by atoms with Gasteiger partial charge in [-0.05, 0) is 25.8 Å². The van der Waals surface area contributed by atoms with Gasteiger partial charge in [0, 0.05) is 22.8 Å². The van der Waals surface area contributed by atoms with Crippen molar-refractivity contribution in [3.05, 3.63) is 15.6 Å². The number of aromatic nitrogens is 1. The number of hydrogen-bond donors (Lipinski definition) is 1. The van der Waals surface area contributed by atoms with Crippen LogP contribution in [0.1, 0.15) is 94.1 Å². The molecule has 0 unspecified atom stereocenters. The van der Waals surface area contributed by atoms with Crippen LogP contribution in [0.4, 0.5) is 0 Å². The van der Waals surface area contributed by atoms with E-state index in [1.54, 1.807) is 0 Å². The maximum absolute atomic E-state index is 5.10. The van der Waals surface area contributed by atoms with Crippen LogP contribution < -0.4 is 5.32 Å². The van der Waals surface area contributed by atoms with Crippen LogP contribution in [-0.4, -0.2) is 11.5 Å². The average molecular weight is 309 g/mol. The monoisotopic (exact) mass is 308 g/mol. The fraction of sp³-hybridized carbons (Fsp3) is 0.833. The highest BCUT2D eigenvalue weighted by atomic mass is 32.1. The summed E-state index contributed by atoms with van der Waals surface area (Å²) in [5.41, 5.74) is 1.48. The maximum Gasteiger partial charge on any atom is 0.0962 e. The normalized spacial score (nSPS) is 17.9. The summed E-state index contributed by atoms with van der Waals surface area (Å²) in [5, 5.41) is 4.98. The summed E-state index contributed by atoms with van der Waals surface area (Å²) < 4.78 is 0. The zero-order chi connectivity index (χ0) is 15.3. The molecule has 120 valence electrons. The molecule has 1 aliphatic carbocycles. The lowest BCUT2D eigenvalue weighted by Gasteiger charge is -2.18. The van der Waals surface area contributed by atoms with E-state index in [0.29, 0.717) is 0 Å². The van der Waals surface area contributed by atoms with Crippen molar-refractivity contribution in [2.24, 2.45) is 0 Å². The van der Waals surface area contributed by atoms with Gasteiger partial charge in [0.1, 0.15) is 0 Å². The lowest BCUT2D eigenvalue weighted by atomic mass is 9.91. The van der Waals surface area contributed by atoms with E-state index in [0.717, 1.165) is 19.0 Å². The van der Waals surface area contributed by atoms with Crippen LogP contribution in [-0.2, 0) is 12.0 Å². The average Bonchev–Trinajstić information content (AvgIpc) is 2.67. The summed E-state index contributed by atoms with van der Waals surface area (Å²) in [6.45, 7) is 11.2. The molecule has 0 aliphatic heterocycles. The summed E-state index contributed by atoms with van der Waals surface area (Å²) >= 11 is 1.98. The first-order valence-corrected chi connectivity index (χ1v) is 9.54. The maximum atomic E-state index is 5.10. The van der Waals surface area contributed by atoms with Gasteiger partial charge in [-0.2, -0.15) is 0 Å². The molecule has 21 heavy (non-hydrogen) atoms. The molecule has 0 saturated heterocycles. The van der Waals surface area contributed by atoms with Gasteiger partial charge < -0.3 is 5.32 Å². The Morgan fingerprint density at radius 1 is 1.14 bits per heavy atom. The van der Waals surface area contributed by atoms with E-state index < -0.39 is 0 Å². The van der Waals surface area contributed by atoms with E-state index in [4.69, 9.17) is 4.98 Å². The number of rotatable bonds is 5. The van der Waals surface area contributed by atoms with Crippen LogP contribution in [0.5, 0.6) is 0 Å². The second kappa shape index (κ2) is 7.73. The van der Waals surface area contributed by atoms with E-state index in [1.807, 2.05) is 11.3 Å². The lowest BCUT2D eigenvalue weighted by Crippen LogP contribution is -2.19. The zero-order valence-corrected chi connectivity index (χ0v) is 15.1. The van der Waals surface area contributed by atoms with Gasteiger partial charge in [-0.1, -0.05) is 53.4 Å². The molecule has 2 nitrogen and oxygen atoms in total. The Morgan fingerprint density at radius 2 is 1.81 bits per heavy atom. The molecule has 0 radical (unpaired) electrons. The van der Waals surface area contributed by atoms with Gasteiger partial charge in [-0.15, -0.1) is 11.3 Å². The molecule has 3 heteroatoms. The van der Waals surface area contributed by atoms with Crippen molar-refractivity contribution in [1.82, 2.24) is 10.3 Å². The largest absolute Gasteiger partial charge is 0.312 e. The standard InChI is InChI=1S/C18H32N2S/c1-5-12-19-13-15-16(18(2,3)4)20-17(21-15)14-10-8-6-7-9-11-14/h14,19H,5-13H2,1-4H3. The van der Waals surface area contributed by atoms with Crippen LogP contribution in [0.2, 0.25) is 0 Å². The SMILES string of the molecule is CCCNCc1sc(C2CCCCCC2)nc1C(C)(C)C. The van der Waals surface area contributed by atoms with Gasteiger partial charge in [-0.3, -0.25) is 0 Å². The van der Waals surface area contributed by atoms with Gasteiger partial charge in [0.25, 0.3) is 0 Å². The first-order chi connectivity index (χ1) is 10.0. The van der Waals surface area contributed by atoms with Gasteiger partial charge in [-0.25, -0.2) is 4.98 Å². The summed E-state index contributed by atoms with van der Waals surface area (Å²) in [6.07, 6.45) is 9.49. The topological polar surface area (TPSA) is 24.9 Å². The lowest BCUT2D eigenvalue weighted by molar-refractivity contribution is 0.544. The van der Waals surface area contributed by atoms with Crippen LogP contribution in [0.15, 0.2) is 0 Å². The Hall–Kier alpha value is -0.410. The number of thiazole rings is 1. The minimum absolute atomic E-state index is 0.155. The summed E-state index contributed by atoms with van der Waals surface area (Å²) in [6, 6.07) is 0. The van der Waals surface area contributed by atoms with Gasteiger partial charge >= 0.3 is 0 Å². The molecular formula is C18H32N2S. The smallest absolute Gasteiger partial charge is 0.0962 e. The second-order valence-corrected chi connectivity index (χ2v) is 8.55. The quantitative estimate of drug-likeness (QED) is 0.583. The van der Waals surface area contributed by atoms with E-state index in [9.17, 15) is 0 Å². The molecule has 1 N–H and O–H groups in total. The van der Waals surface area contributed by atoms with E-state index in [1.165, 1.54) is 60.5 Å². The number of nitrogens with one attached hydrogen (secondary N) is 1. The molecule has 1 saturated carbocycles. The highest BCUT2D eigenvalue weighted by Gasteiger charge is 2.26. The van der Waals surface area contributed by atoms with Crippen LogP contribution in [0, 0.1) is 0 Å². The molecule has 1 aliphatic rings. The van der Waals surface area contributed by atoms with E-state index in [2.05, 4.69) is 33.0 Å². The van der Waals surface area contributed by atoms with Crippen molar-refractivity contribution >= 4 is 11.3 Å². The first-order valence-electron chi connectivity index (χ1n) is 8.73. The third-order valence-electron chi connectivity index (χ3n) is 4.34. The Bertz CT molecular complexity index is 423. The molecule has 0 aromatic carbocycles. The van der Waals surface area contributed by atoms with Crippen molar-refractivity contribution in [1.29, 1.82) is 0 Å². The third kappa shape index (κ3) is 4.79. The van der Waals surface area contributed by atoms with Crippen LogP contribution in [0.25, 0.3) is 0 Å². The molecule has 0 bridgehead atoms. The van der Waals surface area contributed by atoms with Crippen molar-refractivity contribution in [3.8, 4) is 0 Å². The van der Waals surface area contributed by atoms with Gasteiger partial charge in [0.15, 0.2) is 0 Å². The minimum Gasteiger partial charge on any atom is -0.312 e. The third-order valence-corrected chi connectivity index (χ3v) is 5.56. The van der Waals surface area contributed by atoms with Crippen molar-refractivity contribution in [3.63, 3.8) is 0 Å². The number of hydrogen-bond acceptors (Lipinski definition) is 3. The fourth-order valence-corrected chi connectivity index (χ4v) is 4.57. The first kappa shape index (κ1) is 17.0. The Balaban J connectivity index is 2.18. The molecular weight excluding hydrogens is 276 g/mol. The Kier molecular flexibility index (Phi) is 6.24. The molecule has 1 heterocycles. The fourth-order valence-electron chi connectivity index (χ4n) is 3.16. The van der Waals surface area contributed by atoms with Gasteiger partial charge in [0.2, 0.25) is 0 Å². The van der Waals surface area contributed by atoms with E-state index >= 15 is 0 Å². The predicted octanol–water partition coefficient (Wildman–Crippen LogP) is 5.38. The minimum atomic E-state index is 0.155. The molecule has 1 aromatic rings.